The van der Waals surface area contributed by atoms with Gasteiger partial charge < -0.3 is 5.11 Å². The van der Waals surface area contributed by atoms with Gasteiger partial charge in [-0.25, -0.2) is 0 Å². The first-order valence-corrected chi connectivity index (χ1v) is 6.18. The van der Waals surface area contributed by atoms with E-state index in [2.05, 4.69) is 45.9 Å². The Morgan fingerprint density at radius 2 is 1.75 bits per heavy atom. The van der Waals surface area contributed by atoms with Crippen molar-refractivity contribution in [3.05, 3.63) is 34.9 Å². The van der Waals surface area contributed by atoms with Crippen molar-refractivity contribution in [3.63, 3.8) is 0 Å². The van der Waals surface area contributed by atoms with Crippen molar-refractivity contribution in [1.29, 1.82) is 0 Å². The first kappa shape index (κ1) is 13.2. The van der Waals surface area contributed by atoms with E-state index in [1.54, 1.807) is 0 Å². The predicted octanol–water partition coefficient (Wildman–Crippen LogP) is 3.64. The van der Waals surface area contributed by atoms with E-state index in [-0.39, 0.29) is 12.0 Å². The van der Waals surface area contributed by atoms with Crippen molar-refractivity contribution in [3.8, 4) is 0 Å². The summed E-state index contributed by atoms with van der Waals surface area (Å²) in [5, 5.41) is 9.56. The van der Waals surface area contributed by atoms with Crippen LogP contribution in [0, 0.1) is 19.3 Å². The largest absolute Gasteiger partial charge is 0.396 e. The minimum Gasteiger partial charge on any atom is -0.396 e. The Morgan fingerprint density at radius 3 is 2.19 bits per heavy atom. The van der Waals surface area contributed by atoms with Crippen LogP contribution in [0.2, 0.25) is 0 Å². The number of aryl methyl sites for hydroxylation is 2. The third kappa shape index (κ3) is 3.08. The van der Waals surface area contributed by atoms with Crippen LogP contribution in [0.4, 0.5) is 0 Å². The fraction of sp³-hybridized carbons (Fsp3) is 0.600. The maximum atomic E-state index is 9.56. The summed E-state index contributed by atoms with van der Waals surface area (Å²) in [4.78, 5) is 0. The molecular formula is C15H24O. The fourth-order valence-electron chi connectivity index (χ4n) is 2.38. The van der Waals surface area contributed by atoms with Crippen molar-refractivity contribution in [2.45, 2.75) is 47.0 Å². The molecule has 0 radical (unpaired) electrons. The lowest BCUT2D eigenvalue weighted by molar-refractivity contribution is 0.131. The first-order chi connectivity index (χ1) is 7.52. The lowest BCUT2D eigenvalue weighted by atomic mass is 9.78. The predicted molar refractivity (Wildman–Crippen MR) is 69.7 cm³/mol. The molecule has 1 nitrogen and oxygen atoms in total. The smallest absolute Gasteiger partial charge is 0.0487 e. The van der Waals surface area contributed by atoms with Crippen LogP contribution in [-0.2, 0) is 6.42 Å². The third-order valence-corrected chi connectivity index (χ3v) is 3.48. The molecular weight excluding hydrogens is 196 g/mol. The summed E-state index contributed by atoms with van der Waals surface area (Å²) in [5.41, 5.74) is 4.13. The van der Waals surface area contributed by atoms with E-state index < -0.39 is 0 Å². The molecule has 1 rings (SSSR count). The molecule has 1 aromatic carbocycles. The van der Waals surface area contributed by atoms with Crippen LogP contribution in [-0.4, -0.2) is 11.7 Å². The maximum absolute atomic E-state index is 9.56. The second-order valence-electron chi connectivity index (χ2n) is 5.27. The van der Waals surface area contributed by atoms with Gasteiger partial charge in [0.2, 0.25) is 0 Å². The van der Waals surface area contributed by atoms with Gasteiger partial charge in [0.15, 0.2) is 0 Å². The maximum Gasteiger partial charge on any atom is 0.0487 e. The van der Waals surface area contributed by atoms with Crippen LogP contribution >= 0.6 is 0 Å². The van der Waals surface area contributed by atoms with Gasteiger partial charge in [-0.3, -0.25) is 0 Å². The van der Waals surface area contributed by atoms with Crippen LogP contribution in [0.3, 0.4) is 0 Å². The molecule has 0 aliphatic carbocycles. The van der Waals surface area contributed by atoms with E-state index in [4.69, 9.17) is 0 Å². The number of aliphatic hydroxyl groups excluding tert-OH is 1. The van der Waals surface area contributed by atoms with Gasteiger partial charge in [-0.15, -0.1) is 0 Å². The van der Waals surface area contributed by atoms with Gasteiger partial charge >= 0.3 is 0 Å². The number of aliphatic hydroxyl groups is 1. The molecule has 90 valence electrons. The topological polar surface area (TPSA) is 20.2 Å². The highest BCUT2D eigenvalue weighted by molar-refractivity contribution is 5.34. The van der Waals surface area contributed by atoms with E-state index in [1.165, 1.54) is 16.7 Å². The van der Waals surface area contributed by atoms with Crippen molar-refractivity contribution < 1.29 is 5.11 Å². The molecule has 1 atom stereocenters. The minimum absolute atomic E-state index is 0.0334. The summed E-state index contributed by atoms with van der Waals surface area (Å²) in [5.74, 6) is 0. The Balaban J connectivity index is 2.94. The molecule has 0 aliphatic rings. The molecule has 0 saturated heterocycles. The van der Waals surface area contributed by atoms with E-state index in [0.717, 1.165) is 19.3 Å². The Hall–Kier alpha value is -0.820. The number of hydrogen-bond acceptors (Lipinski definition) is 1. The highest BCUT2D eigenvalue weighted by Crippen LogP contribution is 2.30. The first-order valence-electron chi connectivity index (χ1n) is 6.18. The quantitative estimate of drug-likeness (QED) is 0.803. The molecule has 16 heavy (non-hydrogen) atoms. The van der Waals surface area contributed by atoms with Gasteiger partial charge in [-0.05, 0) is 48.8 Å². The molecule has 1 unspecified atom stereocenters. The van der Waals surface area contributed by atoms with Crippen LogP contribution in [0.5, 0.6) is 0 Å². The second kappa shape index (κ2) is 5.49. The van der Waals surface area contributed by atoms with Gasteiger partial charge in [0.05, 0.1) is 0 Å². The van der Waals surface area contributed by atoms with Crippen LogP contribution in [0.15, 0.2) is 18.2 Å². The Morgan fingerprint density at radius 1 is 1.19 bits per heavy atom. The van der Waals surface area contributed by atoms with Crippen molar-refractivity contribution in [2.24, 2.45) is 5.41 Å². The fourth-order valence-corrected chi connectivity index (χ4v) is 2.38. The molecule has 0 amide bonds. The van der Waals surface area contributed by atoms with Crippen LogP contribution in [0.25, 0.3) is 0 Å². The molecule has 0 aromatic heterocycles. The third-order valence-electron chi connectivity index (χ3n) is 3.48. The zero-order chi connectivity index (χ0) is 12.2. The Bertz CT molecular complexity index is 323. The second-order valence-corrected chi connectivity index (χ2v) is 5.27. The van der Waals surface area contributed by atoms with E-state index in [9.17, 15) is 5.11 Å². The molecule has 0 fully saturated rings. The SMILES string of the molecule is CCCC(C)(CO)Cc1c(C)cccc1C. The summed E-state index contributed by atoms with van der Waals surface area (Å²) in [6.07, 6.45) is 3.19. The zero-order valence-corrected chi connectivity index (χ0v) is 11.0. The van der Waals surface area contributed by atoms with E-state index in [1.807, 2.05) is 0 Å². The van der Waals surface area contributed by atoms with Crippen LogP contribution in [0.1, 0.15) is 43.4 Å². The van der Waals surface area contributed by atoms with Crippen molar-refractivity contribution in [1.82, 2.24) is 0 Å². The van der Waals surface area contributed by atoms with Gasteiger partial charge in [0, 0.05) is 6.61 Å². The van der Waals surface area contributed by atoms with E-state index in [0.29, 0.717) is 0 Å². The van der Waals surface area contributed by atoms with Crippen LogP contribution < -0.4 is 0 Å². The average molecular weight is 220 g/mol. The summed E-state index contributed by atoms with van der Waals surface area (Å²) < 4.78 is 0. The molecule has 0 aliphatic heterocycles. The summed E-state index contributed by atoms with van der Waals surface area (Å²) in [7, 11) is 0. The summed E-state index contributed by atoms with van der Waals surface area (Å²) in [6, 6.07) is 6.42. The number of benzene rings is 1. The standard InChI is InChI=1S/C15H24O/c1-5-9-15(4,11-16)10-14-12(2)7-6-8-13(14)3/h6-8,16H,5,9-11H2,1-4H3. The van der Waals surface area contributed by atoms with E-state index >= 15 is 0 Å². The molecule has 1 heteroatoms. The molecule has 1 aromatic rings. The van der Waals surface area contributed by atoms with Crippen molar-refractivity contribution in [2.75, 3.05) is 6.61 Å². The zero-order valence-electron chi connectivity index (χ0n) is 11.0. The van der Waals surface area contributed by atoms with Gasteiger partial charge in [0.25, 0.3) is 0 Å². The summed E-state index contributed by atoms with van der Waals surface area (Å²) in [6.45, 7) is 8.95. The number of rotatable bonds is 5. The molecule has 1 N–H and O–H groups in total. The average Bonchev–Trinajstić information content (AvgIpc) is 2.24. The molecule has 0 heterocycles. The molecule has 0 bridgehead atoms. The molecule has 0 spiro atoms. The number of hydrogen-bond donors (Lipinski definition) is 1. The van der Waals surface area contributed by atoms with Gasteiger partial charge in [0.1, 0.15) is 0 Å². The van der Waals surface area contributed by atoms with Crippen molar-refractivity contribution >= 4 is 0 Å². The molecule has 0 saturated carbocycles. The summed E-state index contributed by atoms with van der Waals surface area (Å²) >= 11 is 0. The monoisotopic (exact) mass is 220 g/mol. The Kier molecular flexibility index (Phi) is 4.55. The van der Waals surface area contributed by atoms with Gasteiger partial charge in [-0.2, -0.15) is 0 Å². The highest BCUT2D eigenvalue weighted by atomic mass is 16.3. The normalized spacial score (nSPS) is 14.8. The minimum atomic E-state index is 0.0334. The van der Waals surface area contributed by atoms with Gasteiger partial charge in [-0.1, -0.05) is 38.5 Å². The lowest BCUT2D eigenvalue weighted by Crippen LogP contribution is -2.25. The highest BCUT2D eigenvalue weighted by Gasteiger charge is 2.24. The lowest BCUT2D eigenvalue weighted by Gasteiger charge is -2.28. The Labute approximate surface area is 99.5 Å².